The molecule has 26 heavy (non-hydrogen) atoms. The number of ether oxygens (including phenoxy) is 2. The average Bonchev–Trinajstić information content (AvgIpc) is 3.10. The zero-order valence-electron chi connectivity index (χ0n) is 15.2. The van der Waals surface area contributed by atoms with Crippen molar-refractivity contribution in [3.63, 3.8) is 0 Å². The van der Waals surface area contributed by atoms with Crippen LogP contribution >= 0.6 is 0 Å². The number of unbranched alkanes of at least 4 members (excludes halogenated alkanes) is 1. The first-order valence-electron chi connectivity index (χ1n) is 8.98. The fraction of sp³-hybridized carbons (Fsp3) is 0.261. The molecule has 2 aromatic carbocycles. The number of hydrogen-bond acceptors (Lipinski definition) is 3. The number of fused-ring (bicyclic) bond motifs is 1. The van der Waals surface area contributed by atoms with Crippen LogP contribution in [-0.2, 0) is 16.0 Å². The number of benzene rings is 2. The van der Waals surface area contributed by atoms with Gasteiger partial charge in [-0.3, -0.25) is 0 Å². The quantitative estimate of drug-likeness (QED) is 0.380. The van der Waals surface area contributed by atoms with Crippen LogP contribution in [0.1, 0.15) is 36.5 Å². The largest absolute Gasteiger partial charge is 0.493 e. The van der Waals surface area contributed by atoms with E-state index in [0.29, 0.717) is 18.8 Å². The van der Waals surface area contributed by atoms with E-state index in [1.807, 2.05) is 18.2 Å². The number of esters is 1. The Morgan fingerprint density at radius 3 is 2.58 bits per heavy atom. The molecule has 0 fully saturated rings. The van der Waals surface area contributed by atoms with E-state index in [4.69, 9.17) is 9.47 Å². The Labute approximate surface area is 155 Å². The third kappa shape index (κ3) is 4.42. The second kappa shape index (κ2) is 8.52. The molecule has 134 valence electrons. The van der Waals surface area contributed by atoms with E-state index >= 15 is 0 Å². The van der Waals surface area contributed by atoms with Crippen LogP contribution in [-0.4, -0.2) is 19.2 Å². The van der Waals surface area contributed by atoms with Crippen molar-refractivity contribution in [3.05, 3.63) is 77.4 Å². The molecule has 2 aromatic rings. The number of carbonyl (C=O) groups excluding carboxylic acids is 1. The van der Waals surface area contributed by atoms with E-state index in [0.717, 1.165) is 25.0 Å². The molecule has 0 aliphatic heterocycles. The average molecular weight is 348 g/mol. The van der Waals surface area contributed by atoms with Crippen LogP contribution in [0.25, 0.3) is 11.6 Å². The number of rotatable bonds is 8. The summed E-state index contributed by atoms with van der Waals surface area (Å²) in [7, 11) is 0. The van der Waals surface area contributed by atoms with Crippen LogP contribution in [0.3, 0.4) is 0 Å². The fourth-order valence-corrected chi connectivity index (χ4v) is 2.98. The molecule has 3 rings (SSSR count). The maximum atomic E-state index is 11.3. The topological polar surface area (TPSA) is 35.5 Å². The maximum absolute atomic E-state index is 11.3. The molecule has 0 spiro atoms. The van der Waals surface area contributed by atoms with Gasteiger partial charge in [0.2, 0.25) is 0 Å². The summed E-state index contributed by atoms with van der Waals surface area (Å²) in [5, 5.41) is 0. The van der Waals surface area contributed by atoms with Crippen LogP contribution in [0, 0.1) is 0 Å². The first kappa shape index (κ1) is 18.0. The molecular formula is C23H24O3. The van der Waals surface area contributed by atoms with Crippen molar-refractivity contribution in [3.8, 4) is 5.75 Å². The molecule has 1 aliphatic carbocycles. The van der Waals surface area contributed by atoms with Crippen molar-refractivity contribution >= 4 is 17.6 Å². The summed E-state index contributed by atoms with van der Waals surface area (Å²) in [5.74, 6) is 0.595. The first-order valence-corrected chi connectivity index (χ1v) is 8.98. The Hall–Kier alpha value is -2.81. The van der Waals surface area contributed by atoms with Crippen molar-refractivity contribution in [2.45, 2.75) is 26.2 Å². The van der Waals surface area contributed by atoms with Gasteiger partial charge in [-0.05, 0) is 55.0 Å². The lowest BCUT2D eigenvalue weighted by Crippen LogP contribution is -2.07. The molecule has 3 heteroatoms. The van der Waals surface area contributed by atoms with Gasteiger partial charge in [0.25, 0.3) is 0 Å². The van der Waals surface area contributed by atoms with Gasteiger partial charge in [-0.2, -0.15) is 0 Å². The number of allylic oxidation sites excluding steroid dienone is 1. The minimum Gasteiger partial charge on any atom is -0.493 e. The fourth-order valence-electron chi connectivity index (χ4n) is 2.98. The summed E-state index contributed by atoms with van der Waals surface area (Å²) in [4.78, 5) is 11.3. The molecule has 0 heterocycles. The molecule has 3 nitrogen and oxygen atoms in total. The van der Waals surface area contributed by atoms with Crippen molar-refractivity contribution < 1.29 is 14.3 Å². The molecule has 1 aliphatic rings. The zero-order chi connectivity index (χ0) is 18.4. The first-order chi connectivity index (χ1) is 12.6. The summed E-state index contributed by atoms with van der Waals surface area (Å²) in [6.45, 7) is 6.23. The standard InChI is InChI=1S/C23H24O3/c1-17(2)23(24)26-14-7-6-13-25-22-12-8-11-19-15-20(16-21(19)22)18-9-4-3-5-10-18/h3-5,8-12,16H,1,6-7,13-15H2,2H3. The number of carbonyl (C=O) groups is 1. The summed E-state index contributed by atoms with van der Waals surface area (Å²) in [6, 6.07) is 16.7. The van der Waals surface area contributed by atoms with E-state index < -0.39 is 0 Å². The highest BCUT2D eigenvalue weighted by Gasteiger charge is 2.17. The van der Waals surface area contributed by atoms with E-state index in [-0.39, 0.29) is 5.97 Å². The smallest absolute Gasteiger partial charge is 0.333 e. The van der Waals surface area contributed by atoms with Gasteiger partial charge in [0.1, 0.15) is 5.75 Å². The van der Waals surface area contributed by atoms with Gasteiger partial charge in [-0.1, -0.05) is 49.0 Å². The second-order valence-electron chi connectivity index (χ2n) is 6.51. The lowest BCUT2D eigenvalue weighted by molar-refractivity contribution is -0.139. The lowest BCUT2D eigenvalue weighted by Gasteiger charge is -2.10. The molecule has 0 saturated heterocycles. The third-order valence-electron chi connectivity index (χ3n) is 4.38. The molecule has 0 amide bonds. The summed E-state index contributed by atoms with van der Waals surface area (Å²) in [5.41, 5.74) is 5.50. The van der Waals surface area contributed by atoms with E-state index in [1.165, 1.54) is 22.3 Å². The van der Waals surface area contributed by atoms with E-state index in [2.05, 4.69) is 43.0 Å². The Bertz CT molecular complexity index is 819. The predicted molar refractivity (Wildman–Crippen MR) is 105 cm³/mol. The Kier molecular flexibility index (Phi) is 5.90. The second-order valence-corrected chi connectivity index (χ2v) is 6.51. The monoisotopic (exact) mass is 348 g/mol. The molecule has 0 aromatic heterocycles. The molecular weight excluding hydrogens is 324 g/mol. The summed E-state index contributed by atoms with van der Waals surface area (Å²) < 4.78 is 11.1. The zero-order valence-corrected chi connectivity index (χ0v) is 15.2. The Morgan fingerprint density at radius 2 is 1.81 bits per heavy atom. The van der Waals surface area contributed by atoms with Gasteiger partial charge in [-0.15, -0.1) is 0 Å². The molecule has 0 saturated carbocycles. The van der Waals surface area contributed by atoms with E-state index in [9.17, 15) is 4.79 Å². The van der Waals surface area contributed by atoms with Crippen LogP contribution in [0.15, 0.2) is 60.7 Å². The van der Waals surface area contributed by atoms with Gasteiger partial charge in [0, 0.05) is 11.1 Å². The van der Waals surface area contributed by atoms with Gasteiger partial charge in [0.05, 0.1) is 13.2 Å². The highest BCUT2D eigenvalue weighted by molar-refractivity contribution is 5.90. The molecule has 0 atom stereocenters. The van der Waals surface area contributed by atoms with Crippen molar-refractivity contribution in [2.75, 3.05) is 13.2 Å². The van der Waals surface area contributed by atoms with Crippen molar-refractivity contribution in [1.29, 1.82) is 0 Å². The molecule has 0 unspecified atom stereocenters. The van der Waals surface area contributed by atoms with Gasteiger partial charge in [0.15, 0.2) is 0 Å². The summed E-state index contributed by atoms with van der Waals surface area (Å²) in [6.07, 6.45) is 4.78. The maximum Gasteiger partial charge on any atom is 0.333 e. The van der Waals surface area contributed by atoms with Crippen LogP contribution in [0.2, 0.25) is 0 Å². The third-order valence-corrected chi connectivity index (χ3v) is 4.38. The molecule has 0 N–H and O–H groups in total. The van der Waals surface area contributed by atoms with Crippen LogP contribution in [0.4, 0.5) is 0 Å². The predicted octanol–water partition coefficient (Wildman–Crippen LogP) is 5.06. The minimum atomic E-state index is -0.328. The van der Waals surface area contributed by atoms with E-state index in [1.54, 1.807) is 6.92 Å². The van der Waals surface area contributed by atoms with Gasteiger partial charge >= 0.3 is 5.97 Å². The number of hydrogen-bond donors (Lipinski definition) is 0. The van der Waals surface area contributed by atoms with Crippen LogP contribution < -0.4 is 4.74 Å². The normalized spacial score (nSPS) is 12.3. The molecule has 0 bridgehead atoms. The van der Waals surface area contributed by atoms with Gasteiger partial charge < -0.3 is 9.47 Å². The Morgan fingerprint density at radius 1 is 1.04 bits per heavy atom. The minimum absolute atomic E-state index is 0.328. The molecule has 0 radical (unpaired) electrons. The van der Waals surface area contributed by atoms with Crippen LogP contribution in [0.5, 0.6) is 5.75 Å². The van der Waals surface area contributed by atoms with Crippen molar-refractivity contribution in [2.24, 2.45) is 0 Å². The summed E-state index contributed by atoms with van der Waals surface area (Å²) >= 11 is 0. The lowest BCUT2D eigenvalue weighted by atomic mass is 10.0. The highest BCUT2D eigenvalue weighted by atomic mass is 16.5. The highest BCUT2D eigenvalue weighted by Crippen LogP contribution is 2.36. The van der Waals surface area contributed by atoms with Gasteiger partial charge in [-0.25, -0.2) is 4.79 Å². The SMILES string of the molecule is C=C(C)C(=O)OCCCCOc1cccc2c1C=C(c1ccccc1)C2. The van der Waals surface area contributed by atoms with Crippen molar-refractivity contribution in [1.82, 2.24) is 0 Å². The Balaban J connectivity index is 1.53.